The van der Waals surface area contributed by atoms with Crippen LogP contribution in [0.25, 0.3) is 182 Å². The van der Waals surface area contributed by atoms with Crippen LogP contribution in [0.4, 0.5) is 0 Å². The van der Waals surface area contributed by atoms with Gasteiger partial charge in [0.2, 0.25) is 0 Å². The van der Waals surface area contributed by atoms with Crippen LogP contribution in [-0.2, 0) is 37.9 Å². The molecule has 0 radical (unpaired) electrons. The Hall–Kier alpha value is -13.5. The Bertz CT molecular complexity index is 9220. The molecule has 0 atom stereocenters. The summed E-state index contributed by atoms with van der Waals surface area (Å²) in [6, 6.07) is 54.1. The van der Waals surface area contributed by atoms with Gasteiger partial charge in [0.1, 0.15) is 44.7 Å². The Kier molecular flexibility index (Phi) is 16.0. The van der Waals surface area contributed by atoms with Crippen molar-refractivity contribution in [1.82, 2.24) is 4.57 Å². The predicted molar refractivity (Wildman–Crippen MR) is 557 cm³/mol. The third-order valence-electron chi connectivity index (χ3n) is 24.3. The number of aromatic nitrogens is 1. The molecule has 0 bridgehead atoms. The number of benzene rings is 16. The standard InChI is InChI=1S/C36H40O.C34H27NO.C29H26O.C26H28O/c1-34(2,3)25-20-24(21-26(22-25)35(4,5)6)28-18-19-30-32(33(28)36(7,8)9)31-27(16-13-17-29(31)37-30)23-14-11-10-12-15-23;1-34(2,3)33-28(35-26-17-9-7-14-24(26)25-15-8-10-18-27(25)35)20-21-30-32(33)31-23(16-11-19-29(31)36-30)22-12-5-4-6-13-22;1-19-10-8-13-21(18-19)23-16-17-25-27(28(23)29(2,3)4)26-22(14-9-15-24(26)30-25)20-11-6-5-7-12-20;1-25(2,3)19-15-16-21-23(24(19)26(4,5)6)22-18(13-10-14-20(22)27-21)17-11-8-7-9-12-17/h10-22H,1-9H3;4-21H,1-3H3;5-18H,1-4H3;7-16H,1-6H3/i10D,11D,12D,14D,15D;4D,5D,6D,12D,13D;5D,6D,7D,8D,10D,11D,12D,13D,18D;7D,8D,9D,11D,12D. The van der Waals surface area contributed by atoms with E-state index in [0.29, 0.717) is 83.2 Å². The van der Waals surface area contributed by atoms with Crippen LogP contribution in [0.2, 0.25) is 0 Å². The minimum Gasteiger partial charge on any atom is -0.456 e. The Labute approximate surface area is 801 Å². The zero-order chi connectivity index (χ0) is 112. The van der Waals surface area contributed by atoms with E-state index in [-0.39, 0.29) is 169 Å². The highest BCUT2D eigenvalue weighted by Gasteiger charge is 2.35. The third-order valence-corrected chi connectivity index (χ3v) is 24.3. The molecule has 0 aliphatic heterocycles. The van der Waals surface area contributed by atoms with E-state index in [1.807, 2.05) is 93.6 Å². The molecule has 5 heteroatoms. The summed E-state index contributed by atoms with van der Waals surface area (Å²) in [6.07, 6.45) is 0. The minimum absolute atomic E-state index is 0.00416. The molecule has 21 aromatic rings. The van der Waals surface area contributed by atoms with Gasteiger partial charge in [-0.15, -0.1) is 0 Å². The van der Waals surface area contributed by atoms with Gasteiger partial charge >= 0.3 is 0 Å². The second-order valence-corrected chi connectivity index (χ2v) is 41.0. The summed E-state index contributed by atoms with van der Waals surface area (Å²) in [5.74, 6) is 0. The van der Waals surface area contributed by atoms with Gasteiger partial charge in [-0.25, -0.2) is 0 Å². The van der Waals surface area contributed by atoms with Crippen molar-refractivity contribution in [2.45, 2.75) is 190 Å². The first kappa shape index (κ1) is 62.7. The molecule has 0 aliphatic rings. The topological polar surface area (TPSA) is 57.5 Å². The smallest absolute Gasteiger partial charge is 0.136 e. The van der Waals surface area contributed by atoms with Crippen molar-refractivity contribution in [2.24, 2.45) is 0 Å². The van der Waals surface area contributed by atoms with Gasteiger partial charge in [0.25, 0.3) is 0 Å². The van der Waals surface area contributed by atoms with Crippen LogP contribution in [0, 0.1) is 6.92 Å². The van der Waals surface area contributed by atoms with Gasteiger partial charge in [-0.3, -0.25) is 0 Å². The molecule has 130 heavy (non-hydrogen) atoms. The van der Waals surface area contributed by atoms with Crippen molar-refractivity contribution < 1.29 is 50.6 Å². The van der Waals surface area contributed by atoms with Crippen LogP contribution < -0.4 is 0 Å². The van der Waals surface area contributed by atoms with E-state index in [9.17, 15) is 0 Å². The monoisotopic (exact) mass is 1720 g/mol. The lowest BCUT2D eigenvalue weighted by atomic mass is 9.73. The number of fused-ring (bicyclic) bond motifs is 15. The average molecular weight is 1730 g/mol. The molecule has 0 aliphatic carbocycles. The first-order chi connectivity index (χ1) is 71.8. The maximum absolute atomic E-state index is 8.79. The molecule has 0 amide bonds. The molecular formula is C125H121NO4. The molecule has 650 valence electrons. The summed E-state index contributed by atoms with van der Waals surface area (Å²) in [5, 5.41) is 8.59. The lowest BCUT2D eigenvalue weighted by molar-refractivity contribution is 0.534. The lowest BCUT2D eigenvalue weighted by Gasteiger charge is -2.31. The molecule has 0 unspecified atom stereocenters. The van der Waals surface area contributed by atoms with Crippen LogP contribution >= 0.6 is 0 Å². The number of rotatable bonds is 7. The summed E-state index contributed by atoms with van der Waals surface area (Å²) in [7, 11) is 0. The lowest BCUT2D eigenvalue weighted by Crippen LogP contribution is -2.22. The molecule has 0 saturated heterocycles. The average Bonchev–Trinajstić information content (AvgIpc) is 1.55. The summed E-state index contributed by atoms with van der Waals surface area (Å²) in [4.78, 5) is 0. The molecule has 0 saturated carbocycles. The quantitative estimate of drug-likeness (QED) is 0.160. The number of nitrogens with zero attached hydrogens (tertiary/aromatic N) is 1. The maximum atomic E-state index is 8.79. The molecular weight excluding hydrogens is 1580 g/mol. The highest BCUT2D eigenvalue weighted by atomic mass is 16.3. The van der Waals surface area contributed by atoms with Crippen LogP contribution in [0.1, 0.15) is 223 Å². The highest BCUT2D eigenvalue weighted by Crippen LogP contribution is 2.53. The molecule has 5 heterocycles. The zero-order valence-electron chi connectivity index (χ0n) is 102. The van der Waals surface area contributed by atoms with Gasteiger partial charge in [-0.05, 0) is 217 Å². The highest BCUT2D eigenvalue weighted by molar-refractivity contribution is 6.20. The van der Waals surface area contributed by atoms with E-state index in [2.05, 4.69) is 214 Å². The van der Waals surface area contributed by atoms with Crippen LogP contribution in [0.5, 0.6) is 0 Å². The predicted octanol–water partition coefficient (Wildman–Crippen LogP) is 36.8. The number of para-hydroxylation sites is 2. The zero-order valence-corrected chi connectivity index (χ0v) is 78.0. The van der Waals surface area contributed by atoms with Crippen LogP contribution in [0.3, 0.4) is 0 Å². The van der Waals surface area contributed by atoms with Crippen molar-refractivity contribution >= 4 is 110 Å². The third kappa shape index (κ3) is 16.3. The molecule has 5 nitrogen and oxygen atoms in total. The van der Waals surface area contributed by atoms with Crippen molar-refractivity contribution in [3.63, 3.8) is 0 Å². The fourth-order valence-electron chi connectivity index (χ4n) is 18.8. The normalized spacial score (nSPS) is 15.1. The van der Waals surface area contributed by atoms with Gasteiger partial charge in [-0.1, -0.05) is 417 Å². The fraction of sp³-hybridized carbons (Fsp3) is 0.232. The Morgan fingerprint density at radius 3 is 0.885 bits per heavy atom. The van der Waals surface area contributed by atoms with E-state index < -0.39 is 41.7 Å². The second-order valence-electron chi connectivity index (χ2n) is 41.0. The summed E-state index contributed by atoms with van der Waals surface area (Å²) >= 11 is 0. The Balaban J connectivity index is 0.000000134. The van der Waals surface area contributed by atoms with E-state index >= 15 is 0 Å². The molecule has 0 spiro atoms. The van der Waals surface area contributed by atoms with Gasteiger partial charge in [0.05, 0.1) is 49.6 Å². The van der Waals surface area contributed by atoms with E-state index in [1.165, 1.54) is 27.5 Å². The first-order valence-electron chi connectivity index (χ1n) is 56.3. The van der Waals surface area contributed by atoms with Crippen molar-refractivity contribution in [2.75, 3.05) is 0 Å². The van der Waals surface area contributed by atoms with Crippen molar-refractivity contribution in [1.29, 1.82) is 0 Å². The van der Waals surface area contributed by atoms with Gasteiger partial charge < -0.3 is 22.2 Å². The number of hydrogen-bond donors (Lipinski definition) is 0. The SMILES string of the molecule is [2H]c1c([2H])c([2H])c(-c2cccc3oc4ccc(-c5c([2H])c([2H])c([2H])c(C)c5[2H])c(C(C)(C)C)c4c23)c([2H])c1[2H].[2H]c1c([2H])c([2H])c(-c2cccc3oc4ccc(-c5cc(C(C)(C)C)cc(C(C)(C)C)c5)c(C(C)(C)C)c4c23)c([2H])c1[2H].[2H]c1c([2H])c([2H])c(-c2cccc3oc4ccc(-n5c6ccccc6c6ccccc65)c(C(C)(C)C)c4c23)c([2H])c1[2H].[2H]c1c([2H])c([2H])c(-c2cccc3oc4ccc(C(C)(C)C)c(C(C)(C)C)c4c23)c([2H])c1[2H]. The van der Waals surface area contributed by atoms with E-state index in [4.69, 9.17) is 50.6 Å². The number of furan rings is 4. The largest absolute Gasteiger partial charge is 0.456 e. The Morgan fingerprint density at radius 2 is 0.538 bits per heavy atom. The van der Waals surface area contributed by atoms with Crippen molar-refractivity contribution in [3.8, 4) is 72.4 Å². The molecule has 0 fully saturated rings. The van der Waals surface area contributed by atoms with Crippen LogP contribution in [-0.4, -0.2) is 4.57 Å². The molecule has 0 N–H and O–H groups in total. The minimum atomic E-state index is -0.562. The van der Waals surface area contributed by atoms with E-state index in [0.717, 1.165) is 88.0 Å². The van der Waals surface area contributed by atoms with Crippen LogP contribution in [0.15, 0.2) is 351 Å². The Morgan fingerprint density at radius 1 is 0.231 bits per heavy atom. The van der Waals surface area contributed by atoms with E-state index in [1.54, 1.807) is 37.3 Å². The first-order valence-corrected chi connectivity index (χ1v) is 44.3. The molecule has 16 aromatic carbocycles. The van der Waals surface area contributed by atoms with Crippen molar-refractivity contribution in [3.05, 3.63) is 378 Å². The van der Waals surface area contributed by atoms with Gasteiger partial charge in [0, 0.05) is 53.9 Å². The summed E-state index contributed by atoms with van der Waals surface area (Å²) in [5.41, 5.74) is 20.5. The van der Waals surface area contributed by atoms with Gasteiger partial charge in [-0.2, -0.15) is 0 Å². The molecule has 21 rings (SSSR count). The fourth-order valence-corrected chi connectivity index (χ4v) is 18.8. The summed E-state index contributed by atoms with van der Waals surface area (Å²) in [6.45, 7) is 47.1. The number of hydrogen-bond acceptors (Lipinski definition) is 4. The van der Waals surface area contributed by atoms with Gasteiger partial charge in [0.15, 0.2) is 0 Å². The molecule has 5 aromatic heterocycles. The summed E-state index contributed by atoms with van der Waals surface area (Å²) < 4.78 is 229. The second kappa shape index (κ2) is 33.2. The maximum Gasteiger partial charge on any atom is 0.136 e.